The summed E-state index contributed by atoms with van der Waals surface area (Å²) in [7, 11) is 3.81. The van der Waals surface area contributed by atoms with E-state index < -0.39 is 0 Å². The number of nitrogens with one attached hydrogen (secondary N) is 1. The molecule has 0 aromatic carbocycles. The number of hydrogen-bond donors (Lipinski definition) is 1. The maximum absolute atomic E-state index is 12.6. The molecule has 1 N–H and O–H groups in total. The Morgan fingerprint density at radius 3 is 2.45 bits per heavy atom. The summed E-state index contributed by atoms with van der Waals surface area (Å²) in [6.45, 7) is 8.22. The summed E-state index contributed by atoms with van der Waals surface area (Å²) >= 11 is 0. The van der Waals surface area contributed by atoms with Gasteiger partial charge in [0.15, 0.2) is 0 Å². The van der Waals surface area contributed by atoms with Crippen molar-refractivity contribution in [2.45, 2.75) is 40.2 Å². The molecule has 2 heterocycles. The van der Waals surface area contributed by atoms with Crippen LogP contribution in [0, 0.1) is 19.8 Å². The Kier molecular flexibility index (Phi) is 4.68. The summed E-state index contributed by atoms with van der Waals surface area (Å²) in [4.78, 5) is 16.9. The van der Waals surface area contributed by atoms with Crippen LogP contribution < -0.4 is 5.32 Å². The van der Waals surface area contributed by atoms with Crippen molar-refractivity contribution in [1.82, 2.24) is 24.6 Å². The normalized spacial score (nSPS) is 12.7. The van der Waals surface area contributed by atoms with E-state index in [1.54, 1.807) is 4.68 Å². The van der Waals surface area contributed by atoms with E-state index >= 15 is 0 Å². The Bertz CT molecular complexity index is 668. The molecule has 0 aliphatic heterocycles. The molecule has 2 rings (SSSR count). The van der Waals surface area contributed by atoms with Crippen LogP contribution in [0.2, 0.25) is 0 Å². The number of rotatable bonds is 5. The van der Waals surface area contributed by atoms with E-state index in [9.17, 15) is 4.79 Å². The van der Waals surface area contributed by atoms with Gasteiger partial charge in [0.25, 0.3) is 5.91 Å². The van der Waals surface area contributed by atoms with Crippen molar-refractivity contribution >= 4 is 5.91 Å². The van der Waals surface area contributed by atoms with Crippen molar-refractivity contribution < 1.29 is 4.79 Å². The lowest BCUT2D eigenvalue weighted by molar-refractivity contribution is 0.0928. The summed E-state index contributed by atoms with van der Waals surface area (Å²) < 4.78 is 3.74. The second-order valence-electron chi connectivity index (χ2n) is 6.24. The van der Waals surface area contributed by atoms with E-state index in [0.717, 1.165) is 29.2 Å². The monoisotopic (exact) mass is 303 g/mol. The van der Waals surface area contributed by atoms with Gasteiger partial charge in [0, 0.05) is 25.5 Å². The lowest BCUT2D eigenvalue weighted by atomic mass is 10.0. The zero-order valence-electron chi connectivity index (χ0n) is 14.2. The zero-order chi connectivity index (χ0) is 16.4. The second kappa shape index (κ2) is 6.34. The highest BCUT2D eigenvalue weighted by molar-refractivity contribution is 5.95. The maximum Gasteiger partial charge on any atom is 0.253 e. The Hall–Kier alpha value is -2.11. The largest absolute Gasteiger partial charge is 0.351 e. The van der Waals surface area contributed by atoms with Crippen molar-refractivity contribution in [3.63, 3.8) is 0 Å². The highest BCUT2D eigenvalue weighted by Gasteiger charge is 2.23. The first kappa shape index (κ1) is 16.3. The predicted molar refractivity (Wildman–Crippen MR) is 85.6 cm³/mol. The van der Waals surface area contributed by atoms with Gasteiger partial charge >= 0.3 is 0 Å². The highest BCUT2D eigenvalue weighted by Crippen LogP contribution is 2.21. The quantitative estimate of drug-likeness (QED) is 0.921. The molecule has 0 radical (unpaired) electrons. The van der Waals surface area contributed by atoms with Crippen LogP contribution in [0.25, 0.3) is 0 Å². The average Bonchev–Trinajstić information content (AvgIpc) is 2.97. The van der Waals surface area contributed by atoms with Crippen molar-refractivity contribution in [3.8, 4) is 0 Å². The molecule has 6 nitrogen and oxygen atoms in total. The fourth-order valence-electron chi connectivity index (χ4n) is 2.64. The molecule has 0 saturated carbocycles. The molecule has 1 unspecified atom stereocenters. The fraction of sp³-hybridized carbons (Fsp3) is 0.562. The van der Waals surface area contributed by atoms with Crippen molar-refractivity contribution in [1.29, 1.82) is 0 Å². The Balaban J connectivity index is 2.25. The molecule has 0 fully saturated rings. The summed E-state index contributed by atoms with van der Waals surface area (Å²) in [5, 5.41) is 7.22. The van der Waals surface area contributed by atoms with E-state index in [1.807, 2.05) is 38.6 Å². The Morgan fingerprint density at radius 2 is 2.00 bits per heavy atom. The molecule has 0 spiro atoms. The van der Waals surface area contributed by atoms with Crippen LogP contribution in [0.15, 0.2) is 12.4 Å². The Labute approximate surface area is 131 Å². The minimum atomic E-state index is -0.139. The van der Waals surface area contributed by atoms with E-state index in [-0.39, 0.29) is 11.9 Å². The molecular weight excluding hydrogens is 278 g/mol. The van der Waals surface area contributed by atoms with Crippen LogP contribution in [-0.2, 0) is 14.1 Å². The smallest absolute Gasteiger partial charge is 0.253 e. The second-order valence-corrected chi connectivity index (χ2v) is 6.24. The van der Waals surface area contributed by atoms with Crippen molar-refractivity contribution in [3.05, 3.63) is 35.2 Å². The SMILES string of the molecule is Cc1cc(C(=O)NC(CC(C)C)c2ncnn2C)c(C)n1C. The van der Waals surface area contributed by atoms with E-state index in [0.29, 0.717) is 5.92 Å². The molecule has 0 saturated heterocycles. The van der Waals surface area contributed by atoms with Crippen molar-refractivity contribution in [2.75, 3.05) is 0 Å². The molecule has 2 aromatic heterocycles. The summed E-state index contributed by atoms with van der Waals surface area (Å²) in [5.74, 6) is 1.17. The molecule has 22 heavy (non-hydrogen) atoms. The molecule has 2 aromatic rings. The van der Waals surface area contributed by atoms with Crippen LogP contribution in [0.3, 0.4) is 0 Å². The van der Waals surface area contributed by atoms with Gasteiger partial charge in [-0.2, -0.15) is 5.10 Å². The summed E-state index contributed by atoms with van der Waals surface area (Å²) in [6, 6.07) is 1.79. The minimum absolute atomic E-state index is 0.0603. The van der Waals surface area contributed by atoms with E-state index in [2.05, 4.69) is 29.2 Å². The average molecular weight is 303 g/mol. The van der Waals surface area contributed by atoms with Crippen LogP contribution in [0.5, 0.6) is 0 Å². The van der Waals surface area contributed by atoms with Crippen LogP contribution in [-0.4, -0.2) is 25.2 Å². The van der Waals surface area contributed by atoms with Crippen molar-refractivity contribution in [2.24, 2.45) is 20.0 Å². The van der Waals surface area contributed by atoms with Crippen LogP contribution in [0.4, 0.5) is 0 Å². The number of aromatic nitrogens is 4. The molecule has 120 valence electrons. The number of aryl methyl sites for hydroxylation is 2. The summed E-state index contributed by atoms with van der Waals surface area (Å²) in [6.07, 6.45) is 2.34. The third-order valence-electron chi connectivity index (χ3n) is 4.09. The molecule has 1 amide bonds. The molecule has 0 bridgehead atoms. The minimum Gasteiger partial charge on any atom is -0.351 e. The van der Waals surface area contributed by atoms with Gasteiger partial charge in [0.2, 0.25) is 0 Å². The van der Waals surface area contributed by atoms with Gasteiger partial charge < -0.3 is 9.88 Å². The standard InChI is InChI=1S/C16H25N5O/c1-10(2)7-14(15-17-9-18-21(15)6)19-16(22)13-8-11(3)20(5)12(13)4/h8-10,14H,7H2,1-6H3,(H,19,22). The first-order valence-electron chi connectivity index (χ1n) is 7.59. The zero-order valence-corrected chi connectivity index (χ0v) is 14.2. The van der Waals surface area contributed by atoms with Gasteiger partial charge in [-0.1, -0.05) is 13.8 Å². The van der Waals surface area contributed by atoms with Gasteiger partial charge in [0.05, 0.1) is 11.6 Å². The maximum atomic E-state index is 12.6. The third-order valence-corrected chi connectivity index (χ3v) is 4.09. The highest BCUT2D eigenvalue weighted by atomic mass is 16.1. The topological polar surface area (TPSA) is 64.7 Å². The van der Waals surface area contributed by atoms with Gasteiger partial charge in [-0.3, -0.25) is 9.48 Å². The van der Waals surface area contributed by atoms with Gasteiger partial charge in [0.1, 0.15) is 12.2 Å². The van der Waals surface area contributed by atoms with E-state index in [4.69, 9.17) is 0 Å². The lowest BCUT2D eigenvalue weighted by Gasteiger charge is -2.19. The Morgan fingerprint density at radius 1 is 1.32 bits per heavy atom. The number of amides is 1. The van der Waals surface area contributed by atoms with E-state index in [1.165, 1.54) is 6.33 Å². The number of hydrogen-bond acceptors (Lipinski definition) is 3. The first-order chi connectivity index (χ1) is 10.3. The fourth-order valence-corrected chi connectivity index (χ4v) is 2.64. The molecular formula is C16H25N5O. The van der Waals surface area contributed by atoms with Crippen LogP contribution >= 0.6 is 0 Å². The first-order valence-corrected chi connectivity index (χ1v) is 7.59. The number of carbonyl (C=O) groups excluding carboxylic acids is 1. The van der Waals surface area contributed by atoms with Crippen LogP contribution in [0.1, 0.15) is 53.9 Å². The lowest BCUT2D eigenvalue weighted by Crippen LogP contribution is -2.31. The predicted octanol–water partition coefficient (Wildman–Crippen LogP) is 2.29. The number of nitrogens with zero attached hydrogens (tertiary/aromatic N) is 4. The molecule has 0 aliphatic rings. The van der Waals surface area contributed by atoms with Gasteiger partial charge in [-0.25, -0.2) is 4.98 Å². The third kappa shape index (κ3) is 3.21. The summed E-state index contributed by atoms with van der Waals surface area (Å²) in [5.41, 5.74) is 2.76. The number of carbonyl (C=O) groups is 1. The molecule has 6 heteroatoms. The van der Waals surface area contributed by atoms with Gasteiger partial charge in [-0.15, -0.1) is 0 Å². The molecule has 1 atom stereocenters. The van der Waals surface area contributed by atoms with Gasteiger partial charge in [-0.05, 0) is 32.3 Å². The molecule has 0 aliphatic carbocycles.